The number of rotatable bonds is 1. The first-order valence-corrected chi connectivity index (χ1v) is 15.4. The zero-order valence-corrected chi connectivity index (χ0v) is 24.0. The van der Waals surface area contributed by atoms with E-state index in [4.69, 9.17) is 8.83 Å². The van der Waals surface area contributed by atoms with Gasteiger partial charge in [0.1, 0.15) is 22.3 Å². The summed E-state index contributed by atoms with van der Waals surface area (Å²) in [4.78, 5) is 0. The highest BCUT2D eigenvalue weighted by molar-refractivity contribution is 6.38. The van der Waals surface area contributed by atoms with E-state index in [1.807, 2.05) is 18.2 Å². The fraction of sp³-hybridized carbons (Fsp3) is 0. The molecule has 208 valence electrons. The number of fused-ring (bicyclic) bond motifs is 18. The van der Waals surface area contributed by atoms with Crippen molar-refractivity contribution in [3.63, 3.8) is 0 Å². The standard InChI is InChI=1S/C42H23NO2/c1-2-13-27-25(11-1)26-12-3-4-14-28(26)33-23-24(21-22-29(27)33)43-34-18-8-5-15-30(34)37-40(43)38-31-16-6-9-19-35(31)44-42(38)39-32-17-7-10-20-36(32)45-41(37)39/h1-23H. The minimum absolute atomic E-state index is 0.864. The molecule has 3 nitrogen and oxygen atoms in total. The Morgan fingerprint density at radius 3 is 1.42 bits per heavy atom. The molecule has 0 spiro atoms. The van der Waals surface area contributed by atoms with Crippen LogP contribution in [0.3, 0.4) is 0 Å². The van der Waals surface area contributed by atoms with Crippen LogP contribution in [-0.4, -0.2) is 4.57 Å². The van der Waals surface area contributed by atoms with Crippen molar-refractivity contribution in [1.82, 2.24) is 4.57 Å². The minimum Gasteiger partial charge on any atom is -0.455 e. The van der Waals surface area contributed by atoms with Gasteiger partial charge in [0, 0.05) is 21.8 Å². The number of benzene rings is 8. The van der Waals surface area contributed by atoms with Crippen molar-refractivity contribution < 1.29 is 8.83 Å². The third-order valence-electron chi connectivity index (χ3n) is 9.74. The molecule has 0 unspecified atom stereocenters. The molecule has 3 heterocycles. The summed E-state index contributed by atoms with van der Waals surface area (Å²) < 4.78 is 15.9. The van der Waals surface area contributed by atoms with E-state index < -0.39 is 0 Å². The predicted molar refractivity (Wildman–Crippen MR) is 188 cm³/mol. The zero-order valence-electron chi connectivity index (χ0n) is 24.0. The average Bonchev–Trinajstić information content (AvgIpc) is 3.78. The van der Waals surface area contributed by atoms with Crippen molar-refractivity contribution in [1.29, 1.82) is 0 Å². The van der Waals surface area contributed by atoms with Gasteiger partial charge in [-0.05, 0) is 62.6 Å². The lowest BCUT2D eigenvalue weighted by Crippen LogP contribution is -1.95. The van der Waals surface area contributed by atoms with E-state index >= 15 is 0 Å². The van der Waals surface area contributed by atoms with Gasteiger partial charge in [-0.1, -0.05) is 109 Å². The van der Waals surface area contributed by atoms with Crippen LogP contribution >= 0.6 is 0 Å². The summed E-state index contributed by atoms with van der Waals surface area (Å²) in [6.45, 7) is 0. The second kappa shape index (κ2) is 8.31. The van der Waals surface area contributed by atoms with Crippen molar-refractivity contribution in [3.05, 3.63) is 140 Å². The van der Waals surface area contributed by atoms with Crippen molar-refractivity contribution in [3.8, 4) is 5.69 Å². The van der Waals surface area contributed by atoms with Gasteiger partial charge in [0.2, 0.25) is 0 Å². The van der Waals surface area contributed by atoms with Crippen LogP contribution in [0.15, 0.2) is 148 Å². The smallest absolute Gasteiger partial charge is 0.149 e. The van der Waals surface area contributed by atoms with Crippen LogP contribution < -0.4 is 0 Å². The van der Waals surface area contributed by atoms with Gasteiger partial charge in [0.15, 0.2) is 0 Å². The topological polar surface area (TPSA) is 31.2 Å². The maximum Gasteiger partial charge on any atom is 0.149 e. The molecule has 3 aromatic heterocycles. The molecule has 0 amide bonds. The summed E-state index contributed by atoms with van der Waals surface area (Å²) >= 11 is 0. The van der Waals surface area contributed by atoms with Crippen LogP contribution in [0.1, 0.15) is 0 Å². The highest BCUT2D eigenvalue weighted by Gasteiger charge is 2.26. The molecular weight excluding hydrogens is 550 g/mol. The number of aromatic nitrogens is 1. The Morgan fingerprint density at radius 1 is 0.356 bits per heavy atom. The van der Waals surface area contributed by atoms with Crippen molar-refractivity contribution >= 4 is 98.0 Å². The molecule has 0 aliphatic heterocycles. The molecule has 0 fully saturated rings. The molecule has 0 saturated heterocycles. The molecule has 0 atom stereocenters. The number of nitrogens with zero attached hydrogens (tertiary/aromatic N) is 1. The van der Waals surface area contributed by atoms with Gasteiger partial charge in [0.05, 0.1) is 27.2 Å². The molecule has 0 aliphatic rings. The van der Waals surface area contributed by atoms with E-state index in [9.17, 15) is 0 Å². The molecule has 0 saturated carbocycles. The molecule has 8 aromatic carbocycles. The maximum absolute atomic E-state index is 6.73. The van der Waals surface area contributed by atoms with Gasteiger partial charge in [-0.15, -0.1) is 0 Å². The summed E-state index contributed by atoms with van der Waals surface area (Å²) in [7, 11) is 0. The second-order valence-electron chi connectivity index (χ2n) is 12.0. The first kappa shape index (κ1) is 23.4. The SMILES string of the molecule is c1ccc2c(c1)oc1c2c2oc3ccccc3c2c2c1c1ccccc1n2-c1ccc2c3ccccc3c3ccccc3c2c1. The van der Waals surface area contributed by atoms with E-state index in [0.29, 0.717) is 0 Å². The van der Waals surface area contributed by atoms with Gasteiger partial charge < -0.3 is 13.4 Å². The van der Waals surface area contributed by atoms with E-state index in [0.717, 1.165) is 71.4 Å². The third kappa shape index (κ3) is 2.90. The van der Waals surface area contributed by atoms with Crippen LogP contribution in [0.5, 0.6) is 0 Å². The highest BCUT2D eigenvalue weighted by atomic mass is 16.3. The van der Waals surface area contributed by atoms with Gasteiger partial charge in [-0.2, -0.15) is 0 Å². The molecule has 45 heavy (non-hydrogen) atoms. The maximum atomic E-state index is 6.73. The molecule has 0 aliphatic carbocycles. The van der Waals surface area contributed by atoms with Crippen molar-refractivity contribution in [2.24, 2.45) is 0 Å². The normalized spacial score (nSPS) is 12.4. The quantitative estimate of drug-likeness (QED) is 0.183. The summed E-state index contributed by atoms with van der Waals surface area (Å²) in [5.74, 6) is 0. The predicted octanol–water partition coefficient (Wildman–Crippen LogP) is 12.0. The summed E-state index contributed by atoms with van der Waals surface area (Å²) in [5.41, 5.74) is 6.82. The van der Waals surface area contributed by atoms with E-state index in [1.165, 1.54) is 32.3 Å². The van der Waals surface area contributed by atoms with Gasteiger partial charge in [-0.25, -0.2) is 0 Å². The van der Waals surface area contributed by atoms with Gasteiger partial charge in [0.25, 0.3) is 0 Å². The Balaban J connectivity index is 1.40. The lowest BCUT2D eigenvalue weighted by molar-refractivity contribution is 0.665. The monoisotopic (exact) mass is 573 g/mol. The van der Waals surface area contributed by atoms with Crippen LogP contribution in [0.25, 0.3) is 104 Å². The fourth-order valence-electron chi connectivity index (χ4n) is 7.91. The lowest BCUT2D eigenvalue weighted by atomic mass is 9.94. The first-order chi connectivity index (χ1) is 22.3. The number of para-hydroxylation sites is 3. The van der Waals surface area contributed by atoms with E-state index in [1.54, 1.807) is 0 Å². The van der Waals surface area contributed by atoms with Crippen LogP contribution in [-0.2, 0) is 0 Å². The molecule has 0 bridgehead atoms. The van der Waals surface area contributed by atoms with Crippen LogP contribution in [0, 0.1) is 0 Å². The number of hydrogen-bond acceptors (Lipinski definition) is 2. The van der Waals surface area contributed by atoms with Crippen molar-refractivity contribution in [2.45, 2.75) is 0 Å². The van der Waals surface area contributed by atoms with Gasteiger partial charge in [-0.3, -0.25) is 0 Å². The molecule has 0 radical (unpaired) electrons. The number of furan rings is 2. The summed E-state index contributed by atoms with van der Waals surface area (Å²) in [6.07, 6.45) is 0. The Hall–Kier alpha value is -6.06. The highest BCUT2D eigenvalue weighted by Crippen LogP contribution is 2.49. The van der Waals surface area contributed by atoms with E-state index in [-0.39, 0.29) is 0 Å². The molecule has 11 rings (SSSR count). The van der Waals surface area contributed by atoms with Crippen LogP contribution in [0.2, 0.25) is 0 Å². The molecular formula is C42H23NO2. The average molecular weight is 574 g/mol. The largest absolute Gasteiger partial charge is 0.455 e. The Labute approximate surface area is 256 Å². The Bertz CT molecular complexity index is 2980. The Morgan fingerprint density at radius 2 is 0.800 bits per heavy atom. The van der Waals surface area contributed by atoms with Gasteiger partial charge >= 0.3 is 0 Å². The third-order valence-corrected chi connectivity index (χ3v) is 9.74. The van der Waals surface area contributed by atoms with Crippen LogP contribution in [0.4, 0.5) is 0 Å². The Kier molecular flexibility index (Phi) is 4.32. The lowest BCUT2D eigenvalue weighted by Gasteiger charge is -2.14. The van der Waals surface area contributed by atoms with Crippen molar-refractivity contribution in [2.75, 3.05) is 0 Å². The summed E-state index contributed by atoms with van der Waals surface area (Å²) in [6, 6.07) is 49.8. The minimum atomic E-state index is 0.864. The molecule has 3 heteroatoms. The first-order valence-electron chi connectivity index (χ1n) is 15.4. The fourth-order valence-corrected chi connectivity index (χ4v) is 7.91. The second-order valence-corrected chi connectivity index (χ2v) is 12.0. The molecule has 0 N–H and O–H groups in total. The van der Waals surface area contributed by atoms with E-state index in [2.05, 4.69) is 126 Å². The summed E-state index contributed by atoms with van der Waals surface area (Å²) in [5, 5.41) is 14.2. The molecule has 11 aromatic rings. The number of hydrogen-bond donors (Lipinski definition) is 0. The zero-order chi connectivity index (χ0) is 29.2.